The number of carbonyl (C=O) groups excluding carboxylic acids is 1. The minimum Gasteiger partial charge on any atom is -0.319 e. The van der Waals surface area contributed by atoms with Gasteiger partial charge in [0.25, 0.3) is 5.91 Å². The molecule has 0 saturated heterocycles. The lowest BCUT2D eigenvalue weighted by Crippen LogP contribution is -2.17. The normalized spacial score (nSPS) is 12.3. The van der Waals surface area contributed by atoms with Crippen LogP contribution in [0.4, 0.5) is 14.5 Å². The van der Waals surface area contributed by atoms with Crippen molar-refractivity contribution in [1.82, 2.24) is 9.78 Å². The number of aryl methyl sites for hydroxylation is 2. The number of anilines is 1. The fourth-order valence-corrected chi connectivity index (χ4v) is 2.74. The summed E-state index contributed by atoms with van der Waals surface area (Å²) in [7, 11) is 1.41. The fourth-order valence-electron chi connectivity index (χ4n) is 2.74. The first-order chi connectivity index (χ1) is 10.9. The number of benzene rings is 1. The van der Waals surface area contributed by atoms with Gasteiger partial charge in [-0.1, -0.05) is 32.4 Å². The van der Waals surface area contributed by atoms with E-state index in [1.807, 2.05) is 13.8 Å². The maximum absolute atomic E-state index is 14.2. The second kappa shape index (κ2) is 6.89. The molecule has 1 aromatic heterocycles. The standard InChI is InChI=1S/C17H21F2N3O/c1-5-7-10(2)12-8-6-9-13(18)15(12)20-17(23)14-11(3)21-22(4)16(14)19/h6,8-10H,5,7H2,1-4H3,(H,20,23). The largest absolute Gasteiger partial charge is 0.319 e. The number of nitrogens with one attached hydrogen (secondary N) is 1. The second-order valence-electron chi connectivity index (χ2n) is 5.72. The minimum absolute atomic E-state index is 0.0887. The fraction of sp³-hybridized carbons (Fsp3) is 0.412. The molecule has 124 valence electrons. The van der Waals surface area contributed by atoms with Gasteiger partial charge >= 0.3 is 0 Å². The summed E-state index contributed by atoms with van der Waals surface area (Å²) >= 11 is 0. The number of halogens is 2. The number of amides is 1. The van der Waals surface area contributed by atoms with Crippen molar-refractivity contribution in [2.24, 2.45) is 7.05 Å². The molecule has 0 aliphatic carbocycles. The molecule has 4 nitrogen and oxygen atoms in total. The lowest BCUT2D eigenvalue weighted by Gasteiger charge is -2.17. The SMILES string of the molecule is CCCC(C)c1cccc(F)c1NC(=O)c1c(C)nn(C)c1F. The van der Waals surface area contributed by atoms with Crippen molar-refractivity contribution in [2.75, 3.05) is 5.32 Å². The molecule has 6 heteroatoms. The van der Waals surface area contributed by atoms with E-state index < -0.39 is 17.7 Å². The monoisotopic (exact) mass is 321 g/mol. The van der Waals surface area contributed by atoms with Crippen LogP contribution in [0.25, 0.3) is 0 Å². The zero-order valence-corrected chi connectivity index (χ0v) is 13.8. The number of rotatable bonds is 5. The van der Waals surface area contributed by atoms with Gasteiger partial charge in [0.2, 0.25) is 5.95 Å². The van der Waals surface area contributed by atoms with Crippen LogP contribution in [-0.4, -0.2) is 15.7 Å². The molecule has 2 aromatic rings. The molecule has 1 unspecified atom stereocenters. The molecule has 1 aromatic carbocycles. The molecule has 0 spiro atoms. The van der Waals surface area contributed by atoms with E-state index in [9.17, 15) is 13.6 Å². The smallest absolute Gasteiger partial charge is 0.262 e. The van der Waals surface area contributed by atoms with Crippen molar-refractivity contribution in [3.05, 3.63) is 46.8 Å². The molecule has 23 heavy (non-hydrogen) atoms. The Labute approximate surface area is 134 Å². The zero-order chi connectivity index (χ0) is 17.1. The van der Waals surface area contributed by atoms with Gasteiger partial charge in [-0.25, -0.2) is 9.07 Å². The highest BCUT2D eigenvalue weighted by molar-refractivity contribution is 6.05. The Bertz CT molecular complexity index is 725. The van der Waals surface area contributed by atoms with Gasteiger partial charge in [-0.15, -0.1) is 0 Å². The Hall–Kier alpha value is -2.24. The molecule has 1 amide bonds. The Morgan fingerprint density at radius 1 is 1.39 bits per heavy atom. The first-order valence-electron chi connectivity index (χ1n) is 7.65. The average Bonchev–Trinajstić information content (AvgIpc) is 2.74. The summed E-state index contributed by atoms with van der Waals surface area (Å²) in [4.78, 5) is 12.4. The first kappa shape index (κ1) is 17.1. The molecular weight excluding hydrogens is 300 g/mol. The maximum atomic E-state index is 14.2. The molecular formula is C17H21F2N3O. The molecule has 0 aliphatic rings. The Balaban J connectivity index is 2.38. The average molecular weight is 321 g/mol. The Morgan fingerprint density at radius 2 is 2.09 bits per heavy atom. The van der Waals surface area contributed by atoms with Crippen molar-refractivity contribution >= 4 is 11.6 Å². The van der Waals surface area contributed by atoms with Crippen LogP contribution in [-0.2, 0) is 7.05 Å². The number of aromatic nitrogens is 2. The molecule has 2 rings (SSSR count). The lowest BCUT2D eigenvalue weighted by atomic mass is 9.94. The minimum atomic E-state index is -0.737. The van der Waals surface area contributed by atoms with Crippen molar-refractivity contribution in [3.63, 3.8) is 0 Å². The summed E-state index contributed by atoms with van der Waals surface area (Å²) in [5.74, 6) is -1.87. The predicted octanol–water partition coefficient (Wildman–Crippen LogP) is 4.16. The number of para-hydroxylation sites is 1. The quantitative estimate of drug-likeness (QED) is 0.899. The van der Waals surface area contributed by atoms with Gasteiger partial charge in [0.1, 0.15) is 11.4 Å². The van der Waals surface area contributed by atoms with Crippen LogP contribution in [0.2, 0.25) is 0 Å². The molecule has 0 bridgehead atoms. The van der Waals surface area contributed by atoms with Crippen molar-refractivity contribution in [3.8, 4) is 0 Å². The highest BCUT2D eigenvalue weighted by Crippen LogP contribution is 2.30. The Morgan fingerprint density at radius 3 is 2.65 bits per heavy atom. The van der Waals surface area contributed by atoms with E-state index in [1.54, 1.807) is 19.1 Å². The van der Waals surface area contributed by atoms with Gasteiger partial charge in [0.15, 0.2) is 0 Å². The molecule has 0 fully saturated rings. The van der Waals surface area contributed by atoms with E-state index in [-0.39, 0.29) is 22.9 Å². The van der Waals surface area contributed by atoms with E-state index >= 15 is 0 Å². The third-order valence-electron chi connectivity index (χ3n) is 3.92. The van der Waals surface area contributed by atoms with Gasteiger partial charge in [0, 0.05) is 7.05 Å². The number of hydrogen-bond acceptors (Lipinski definition) is 2. The van der Waals surface area contributed by atoms with Crippen LogP contribution in [0, 0.1) is 18.7 Å². The van der Waals surface area contributed by atoms with Crippen LogP contribution in [0.3, 0.4) is 0 Å². The topological polar surface area (TPSA) is 46.9 Å². The van der Waals surface area contributed by atoms with E-state index in [1.165, 1.54) is 13.1 Å². The van der Waals surface area contributed by atoms with Crippen molar-refractivity contribution in [2.45, 2.75) is 39.5 Å². The van der Waals surface area contributed by atoms with Crippen molar-refractivity contribution < 1.29 is 13.6 Å². The number of carbonyl (C=O) groups is 1. The van der Waals surface area contributed by atoms with Crippen LogP contribution >= 0.6 is 0 Å². The molecule has 0 aliphatic heterocycles. The van der Waals surface area contributed by atoms with Crippen molar-refractivity contribution in [1.29, 1.82) is 0 Å². The highest BCUT2D eigenvalue weighted by atomic mass is 19.1. The van der Waals surface area contributed by atoms with Gasteiger partial charge < -0.3 is 5.32 Å². The molecule has 1 atom stereocenters. The number of hydrogen-bond donors (Lipinski definition) is 1. The van der Waals surface area contributed by atoms with Gasteiger partial charge in [0.05, 0.1) is 11.4 Å². The summed E-state index contributed by atoms with van der Waals surface area (Å²) < 4.78 is 29.2. The molecule has 1 N–H and O–H groups in total. The van der Waals surface area contributed by atoms with Gasteiger partial charge in [-0.2, -0.15) is 9.49 Å². The molecule has 1 heterocycles. The maximum Gasteiger partial charge on any atom is 0.262 e. The van der Waals surface area contributed by atoms with Gasteiger partial charge in [-0.05, 0) is 30.9 Å². The molecule has 0 saturated carbocycles. The van der Waals surface area contributed by atoms with Crippen LogP contribution < -0.4 is 5.32 Å². The van der Waals surface area contributed by atoms with E-state index in [0.717, 1.165) is 17.5 Å². The second-order valence-corrected chi connectivity index (χ2v) is 5.72. The van der Waals surface area contributed by atoms with E-state index in [4.69, 9.17) is 0 Å². The third kappa shape index (κ3) is 3.41. The predicted molar refractivity (Wildman–Crippen MR) is 85.6 cm³/mol. The summed E-state index contributed by atoms with van der Waals surface area (Å²) in [6, 6.07) is 4.68. The third-order valence-corrected chi connectivity index (χ3v) is 3.92. The van der Waals surface area contributed by atoms with E-state index in [2.05, 4.69) is 10.4 Å². The van der Waals surface area contributed by atoms with Crippen LogP contribution in [0.15, 0.2) is 18.2 Å². The first-order valence-corrected chi connectivity index (χ1v) is 7.65. The van der Waals surface area contributed by atoms with Crippen LogP contribution in [0.1, 0.15) is 54.2 Å². The lowest BCUT2D eigenvalue weighted by molar-refractivity contribution is 0.102. The Kier molecular flexibility index (Phi) is 5.13. The summed E-state index contributed by atoms with van der Waals surface area (Å²) in [5.41, 5.74) is 0.926. The zero-order valence-electron chi connectivity index (χ0n) is 13.8. The summed E-state index contributed by atoms with van der Waals surface area (Å²) in [6.45, 7) is 5.56. The van der Waals surface area contributed by atoms with E-state index in [0.29, 0.717) is 5.56 Å². The van der Waals surface area contributed by atoms with Crippen LogP contribution in [0.5, 0.6) is 0 Å². The van der Waals surface area contributed by atoms with Gasteiger partial charge in [-0.3, -0.25) is 4.79 Å². The molecule has 0 radical (unpaired) electrons. The summed E-state index contributed by atoms with van der Waals surface area (Å²) in [6.07, 6.45) is 1.81. The summed E-state index contributed by atoms with van der Waals surface area (Å²) in [5, 5.41) is 6.39. The highest BCUT2D eigenvalue weighted by Gasteiger charge is 2.23. The number of nitrogens with zero attached hydrogens (tertiary/aromatic N) is 2.